The standard InChI is InChI=1S/C23H29N5O4/c1-4-28-18-13-27(14-19(30)26-10-8-25(9-11-26)16(3)29)22(31)20(18)21(24-23(28)32)17-7-5-6-15(2)12-17/h5-7,12,21H,4,8-11,13-14H2,1-3H3,(H,24,32). The number of urea groups is 1. The largest absolute Gasteiger partial charge is 0.339 e. The molecule has 1 fully saturated rings. The van der Waals surface area contributed by atoms with Crippen LogP contribution in [0.2, 0.25) is 0 Å². The molecular formula is C23H29N5O4. The highest BCUT2D eigenvalue weighted by Crippen LogP contribution is 2.36. The number of benzene rings is 1. The molecule has 0 saturated carbocycles. The summed E-state index contributed by atoms with van der Waals surface area (Å²) in [5.74, 6) is -0.362. The molecule has 1 unspecified atom stereocenters. The first-order chi connectivity index (χ1) is 15.3. The second kappa shape index (κ2) is 8.64. The normalized spacial score (nSPS) is 21.2. The molecule has 3 aliphatic rings. The summed E-state index contributed by atoms with van der Waals surface area (Å²) in [6.45, 7) is 7.90. The van der Waals surface area contributed by atoms with Crippen molar-refractivity contribution in [3.63, 3.8) is 0 Å². The number of aryl methyl sites for hydroxylation is 1. The molecule has 170 valence electrons. The molecule has 9 heteroatoms. The summed E-state index contributed by atoms with van der Waals surface area (Å²) in [5.41, 5.74) is 3.09. The average Bonchev–Trinajstić information content (AvgIpc) is 3.09. The predicted molar refractivity (Wildman–Crippen MR) is 117 cm³/mol. The third-order valence-electron chi connectivity index (χ3n) is 6.39. The summed E-state index contributed by atoms with van der Waals surface area (Å²) >= 11 is 0. The second-order valence-corrected chi connectivity index (χ2v) is 8.45. The maximum absolute atomic E-state index is 13.4. The molecule has 3 aliphatic heterocycles. The molecule has 0 radical (unpaired) electrons. The Morgan fingerprint density at radius 1 is 1.09 bits per heavy atom. The molecule has 4 rings (SSSR count). The molecule has 1 aromatic carbocycles. The number of nitrogens with zero attached hydrogens (tertiary/aromatic N) is 4. The Kier molecular flexibility index (Phi) is 5.90. The van der Waals surface area contributed by atoms with E-state index in [1.807, 2.05) is 38.1 Å². The first-order valence-corrected chi connectivity index (χ1v) is 11.0. The Bertz CT molecular complexity index is 996. The van der Waals surface area contributed by atoms with E-state index in [1.165, 1.54) is 11.8 Å². The fourth-order valence-electron chi connectivity index (χ4n) is 4.64. The lowest BCUT2D eigenvalue weighted by atomic mass is 9.94. The van der Waals surface area contributed by atoms with Crippen molar-refractivity contribution in [3.8, 4) is 0 Å². The molecule has 1 aromatic rings. The Morgan fingerprint density at radius 3 is 2.41 bits per heavy atom. The molecule has 0 bridgehead atoms. The lowest BCUT2D eigenvalue weighted by molar-refractivity contribution is -0.141. The molecule has 3 heterocycles. The molecule has 5 amide bonds. The average molecular weight is 440 g/mol. The van der Waals surface area contributed by atoms with Gasteiger partial charge in [-0.25, -0.2) is 4.79 Å². The fraction of sp³-hybridized carbons (Fsp3) is 0.478. The Labute approximate surface area is 187 Å². The van der Waals surface area contributed by atoms with Crippen molar-refractivity contribution in [2.45, 2.75) is 26.8 Å². The van der Waals surface area contributed by atoms with E-state index in [1.54, 1.807) is 14.7 Å². The van der Waals surface area contributed by atoms with Crippen molar-refractivity contribution in [2.75, 3.05) is 45.8 Å². The lowest BCUT2D eigenvalue weighted by Crippen LogP contribution is -2.52. The van der Waals surface area contributed by atoms with E-state index >= 15 is 0 Å². The van der Waals surface area contributed by atoms with Crippen LogP contribution in [0.5, 0.6) is 0 Å². The number of hydrogen-bond donors (Lipinski definition) is 1. The van der Waals surface area contributed by atoms with Crippen molar-refractivity contribution in [2.24, 2.45) is 0 Å². The van der Waals surface area contributed by atoms with Gasteiger partial charge in [-0.1, -0.05) is 29.8 Å². The molecule has 0 aromatic heterocycles. The number of rotatable bonds is 4. The first kappa shape index (κ1) is 21.9. The highest BCUT2D eigenvalue weighted by atomic mass is 16.2. The summed E-state index contributed by atoms with van der Waals surface area (Å²) in [7, 11) is 0. The minimum atomic E-state index is -0.535. The summed E-state index contributed by atoms with van der Waals surface area (Å²) in [6.07, 6.45) is 0. The number of hydrogen-bond acceptors (Lipinski definition) is 4. The zero-order valence-corrected chi connectivity index (χ0v) is 18.8. The van der Waals surface area contributed by atoms with Crippen LogP contribution in [0.4, 0.5) is 4.79 Å². The van der Waals surface area contributed by atoms with E-state index in [9.17, 15) is 19.2 Å². The van der Waals surface area contributed by atoms with Crippen LogP contribution in [0.1, 0.15) is 31.0 Å². The Balaban J connectivity index is 1.52. The maximum Gasteiger partial charge on any atom is 0.322 e. The van der Waals surface area contributed by atoms with Gasteiger partial charge in [0.15, 0.2) is 0 Å². The van der Waals surface area contributed by atoms with Crippen LogP contribution in [0.25, 0.3) is 0 Å². The molecule has 1 saturated heterocycles. The molecule has 9 nitrogen and oxygen atoms in total. The van der Waals surface area contributed by atoms with Gasteiger partial charge in [-0.15, -0.1) is 0 Å². The maximum atomic E-state index is 13.4. The number of carbonyl (C=O) groups excluding carboxylic acids is 4. The molecule has 0 aliphatic carbocycles. The van der Waals surface area contributed by atoms with Gasteiger partial charge in [0.25, 0.3) is 5.91 Å². The van der Waals surface area contributed by atoms with Crippen LogP contribution < -0.4 is 5.32 Å². The van der Waals surface area contributed by atoms with Crippen LogP contribution >= 0.6 is 0 Å². The molecule has 0 spiro atoms. The summed E-state index contributed by atoms with van der Waals surface area (Å²) in [6, 6.07) is 6.97. The highest BCUT2D eigenvalue weighted by molar-refractivity contribution is 6.03. The predicted octanol–water partition coefficient (Wildman–Crippen LogP) is 0.868. The summed E-state index contributed by atoms with van der Waals surface area (Å²) < 4.78 is 0. The van der Waals surface area contributed by atoms with E-state index in [-0.39, 0.29) is 36.8 Å². The van der Waals surface area contributed by atoms with Crippen LogP contribution in [0.15, 0.2) is 35.5 Å². The van der Waals surface area contributed by atoms with Gasteiger partial charge < -0.3 is 20.0 Å². The quantitative estimate of drug-likeness (QED) is 0.753. The van der Waals surface area contributed by atoms with Crippen LogP contribution in [-0.2, 0) is 14.4 Å². The third kappa shape index (κ3) is 3.94. The lowest BCUT2D eigenvalue weighted by Gasteiger charge is -2.35. The van der Waals surface area contributed by atoms with Gasteiger partial charge in [-0.05, 0) is 19.4 Å². The van der Waals surface area contributed by atoms with Gasteiger partial charge in [-0.2, -0.15) is 0 Å². The SMILES string of the molecule is CCN1C(=O)NC(c2cccc(C)c2)C2=C1CN(CC(=O)N1CCN(C(C)=O)CC1)C2=O. The number of piperazine rings is 1. The summed E-state index contributed by atoms with van der Waals surface area (Å²) in [5, 5.41) is 2.96. The van der Waals surface area contributed by atoms with Crippen LogP contribution in [0, 0.1) is 6.92 Å². The van der Waals surface area contributed by atoms with Crippen molar-refractivity contribution in [1.29, 1.82) is 0 Å². The van der Waals surface area contributed by atoms with E-state index in [0.29, 0.717) is 44.0 Å². The van der Waals surface area contributed by atoms with E-state index in [2.05, 4.69) is 5.32 Å². The fourth-order valence-corrected chi connectivity index (χ4v) is 4.64. The summed E-state index contributed by atoms with van der Waals surface area (Å²) in [4.78, 5) is 57.1. The number of amides is 5. The second-order valence-electron chi connectivity index (χ2n) is 8.45. The van der Waals surface area contributed by atoms with Gasteiger partial charge in [-0.3, -0.25) is 19.3 Å². The van der Waals surface area contributed by atoms with Gasteiger partial charge >= 0.3 is 6.03 Å². The number of likely N-dealkylation sites (N-methyl/N-ethyl adjacent to an activating group) is 1. The number of carbonyl (C=O) groups is 4. The molecule has 1 N–H and O–H groups in total. The van der Waals surface area contributed by atoms with Crippen molar-refractivity contribution in [3.05, 3.63) is 46.7 Å². The van der Waals surface area contributed by atoms with E-state index < -0.39 is 6.04 Å². The zero-order valence-electron chi connectivity index (χ0n) is 18.8. The van der Waals surface area contributed by atoms with Gasteiger partial charge in [0.2, 0.25) is 11.8 Å². The van der Waals surface area contributed by atoms with Crippen LogP contribution in [0.3, 0.4) is 0 Å². The Morgan fingerprint density at radius 2 is 1.78 bits per heavy atom. The van der Waals surface area contributed by atoms with Crippen molar-refractivity contribution < 1.29 is 19.2 Å². The number of nitrogens with one attached hydrogen (secondary N) is 1. The van der Waals surface area contributed by atoms with E-state index in [0.717, 1.165) is 11.1 Å². The minimum Gasteiger partial charge on any atom is -0.339 e. The topological polar surface area (TPSA) is 93.3 Å². The minimum absolute atomic E-state index is 0.00251. The first-order valence-electron chi connectivity index (χ1n) is 11.0. The van der Waals surface area contributed by atoms with Crippen molar-refractivity contribution in [1.82, 2.24) is 24.9 Å². The molecule has 32 heavy (non-hydrogen) atoms. The zero-order chi connectivity index (χ0) is 23.0. The smallest absolute Gasteiger partial charge is 0.322 e. The van der Waals surface area contributed by atoms with Gasteiger partial charge in [0.1, 0.15) is 6.54 Å². The van der Waals surface area contributed by atoms with Gasteiger partial charge in [0, 0.05) is 39.6 Å². The highest BCUT2D eigenvalue weighted by Gasteiger charge is 2.44. The monoisotopic (exact) mass is 439 g/mol. The van der Waals surface area contributed by atoms with Crippen LogP contribution in [-0.4, -0.2) is 89.2 Å². The van der Waals surface area contributed by atoms with E-state index in [4.69, 9.17) is 0 Å². The third-order valence-corrected chi connectivity index (χ3v) is 6.39. The molecular weight excluding hydrogens is 410 g/mol. The Hall–Kier alpha value is -3.36. The van der Waals surface area contributed by atoms with Gasteiger partial charge in [0.05, 0.1) is 23.9 Å². The van der Waals surface area contributed by atoms with Crippen molar-refractivity contribution >= 4 is 23.8 Å². The molecule has 1 atom stereocenters.